The molecule has 4 N–H and O–H groups in total. The lowest BCUT2D eigenvalue weighted by atomic mass is 10.1. The highest BCUT2D eigenvalue weighted by atomic mass is 16.3. The molecule has 2 aromatic carbocycles. The van der Waals surface area contributed by atoms with Crippen LogP contribution in [0, 0.1) is 0 Å². The molecule has 0 amide bonds. The van der Waals surface area contributed by atoms with Crippen LogP contribution in [0.2, 0.25) is 0 Å². The first-order chi connectivity index (χ1) is 8.58. The van der Waals surface area contributed by atoms with Crippen molar-refractivity contribution >= 4 is 12.2 Å². The molecule has 2 aromatic rings. The van der Waals surface area contributed by atoms with Gasteiger partial charge in [0.1, 0.15) is 5.75 Å². The minimum Gasteiger partial charge on any atom is -0.508 e. The number of phenolic OH excluding ortho intramolecular Hbond substituents is 4. The van der Waals surface area contributed by atoms with Crippen molar-refractivity contribution in [2.75, 3.05) is 0 Å². The highest BCUT2D eigenvalue weighted by molar-refractivity contribution is 5.75. The fourth-order valence-electron chi connectivity index (χ4n) is 1.49. The molecule has 2 rings (SSSR count). The van der Waals surface area contributed by atoms with Crippen LogP contribution < -0.4 is 0 Å². The van der Waals surface area contributed by atoms with Gasteiger partial charge in [-0.2, -0.15) is 0 Å². The van der Waals surface area contributed by atoms with E-state index in [0.717, 1.165) is 5.56 Å². The van der Waals surface area contributed by atoms with Crippen molar-refractivity contribution in [1.82, 2.24) is 0 Å². The first-order valence-corrected chi connectivity index (χ1v) is 5.29. The van der Waals surface area contributed by atoms with E-state index in [0.29, 0.717) is 5.56 Å². The largest absolute Gasteiger partial charge is 0.508 e. The SMILES string of the molecule is Oc1ccc(C=Cc2ccc(O)c(O)c2O)cc1. The van der Waals surface area contributed by atoms with Crippen LogP contribution in [0.3, 0.4) is 0 Å². The van der Waals surface area contributed by atoms with E-state index in [1.807, 2.05) is 0 Å². The standard InChI is InChI=1S/C14H12O4/c15-11-6-2-9(3-7-11)1-4-10-5-8-12(16)14(18)13(10)17/h1-8,15-18H. The molecular weight excluding hydrogens is 232 g/mol. The number of benzene rings is 2. The summed E-state index contributed by atoms with van der Waals surface area (Å²) in [5, 5.41) is 37.3. The average molecular weight is 244 g/mol. The van der Waals surface area contributed by atoms with Crippen LogP contribution in [0.4, 0.5) is 0 Å². The quantitative estimate of drug-likeness (QED) is 0.483. The van der Waals surface area contributed by atoms with E-state index in [1.165, 1.54) is 12.1 Å². The van der Waals surface area contributed by atoms with Crippen LogP contribution >= 0.6 is 0 Å². The zero-order chi connectivity index (χ0) is 13.1. The number of phenols is 4. The van der Waals surface area contributed by atoms with Gasteiger partial charge in [0.2, 0.25) is 5.75 Å². The second-order valence-corrected chi connectivity index (χ2v) is 3.80. The molecule has 0 fully saturated rings. The van der Waals surface area contributed by atoms with E-state index in [1.54, 1.807) is 36.4 Å². The van der Waals surface area contributed by atoms with Crippen LogP contribution in [0.1, 0.15) is 11.1 Å². The second-order valence-electron chi connectivity index (χ2n) is 3.80. The van der Waals surface area contributed by atoms with Gasteiger partial charge in [-0.15, -0.1) is 0 Å². The predicted octanol–water partition coefficient (Wildman–Crippen LogP) is 2.68. The molecule has 0 radical (unpaired) electrons. The van der Waals surface area contributed by atoms with Gasteiger partial charge in [0.15, 0.2) is 11.5 Å². The van der Waals surface area contributed by atoms with Crippen LogP contribution in [0.15, 0.2) is 36.4 Å². The molecule has 0 bridgehead atoms. The topological polar surface area (TPSA) is 80.9 Å². The van der Waals surface area contributed by atoms with Gasteiger partial charge in [-0.3, -0.25) is 0 Å². The van der Waals surface area contributed by atoms with E-state index in [4.69, 9.17) is 5.11 Å². The smallest absolute Gasteiger partial charge is 0.200 e. The first-order valence-electron chi connectivity index (χ1n) is 5.29. The van der Waals surface area contributed by atoms with Crippen molar-refractivity contribution in [3.8, 4) is 23.0 Å². The summed E-state index contributed by atoms with van der Waals surface area (Å²) in [5.41, 5.74) is 1.22. The van der Waals surface area contributed by atoms with Crippen LogP contribution in [-0.2, 0) is 0 Å². The number of hydrogen-bond donors (Lipinski definition) is 4. The van der Waals surface area contributed by atoms with Gasteiger partial charge in [0, 0.05) is 5.56 Å². The Morgan fingerprint density at radius 2 is 1.33 bits per heavy atom. The molecule has 0 aliphatic carbocycles. The summed E-state index contributed by atoms with van der Waals surface area (Å²) in [6, 6.07) is 9.31. The van der Waals surface area contributed by atoms with Gasteiger partial charge < -0.3 is 20.4 Å². The van der Waals surface area contributed by atoms with Crippen molar-refractivity contribution in [2.45, 2.75) is 0 Å². The monoisotopic (exact) mass is 244 g/mol. The molecule has 0 aromatic heterocycles. The molecule has 0 unspecified atom stereocenters. The number of hydrogen-bond acceptors (Lipinski definition) is 4. The summed E-state index contributed by atoms with van der Waals surface area (Å²) < 4.78 is 0. The Kier molecular flexibility index (Phi) is 3.10. The average Bonchev–Trinajstić information content (AvgIpc) is 2.37. The maximum atomic E-state index is 9.60. The summed E-state index contributed by atoms with van der Waals surface area (Å²) in [7, 11) is 0. The van der Waals surface area contributed by atoms with Gasteiger partial charge in [-0.05, 0) is 29.8 Å². The molecule has 4 nitrogen and oxygen atoms in total. The summed E-state index contributed by atoms with van der Waals surface area (Å²) in [6.45, 7) is 0. The fraction of sp³-hybridized carbons (Fsp3) is 0. The van der Waals surface area contributed by atoms with Gasteiger partial charge in [0.05, 0.1) is 0 Å². The highest BCUT2D eigenvalue weighted by Crippen LogP contribution is 2.37. The third-order valence-corrected chi connectivity index (χ3v) is 2.51. The highest BCUT2D eigenvalue weighted by Gasteiger charge is 2.08. The van der Waals surface area contributed by atoms with Crippen LogP contribution in [0.25, 0.3) is 12.2 Å². The van der Waals surface area contributed by atoms with E-state index in [-0.39, 0.29) is 17.2 Å². The van der Waals surface area contributed by atoms with Crippen molar-refractivity contribution in [3.05, 3.63) is 47.5 Å². The van der Waals surface area contributed by atoms with E-state index in [2.05, 4.69) is 0 Å². The Balaban J connectivity index is 2.29. The summed E-state index contributed by atoms with van der Waals surface area (Å²) in [6.07, 6.45) is 3.31. The van der Waals surface area contributed by atoms with Gasteiger partial charge >= 0.3 is 0 Å². The molecule has 0 saturated heterocycles. The molecular formula is C14H12O4. The van der Waals surface area contributed by atoms with Gasteiger partial charge in [-0.25, -0.2) is 0 Å². The van der Waals surface area contributed by atoms with E-state index >= 15 is 0 Å². The zero-order valence-corrected chi connectivity index (χ0v) is 9.41. The number of rotatable bonds is 2. The summed E-state index contributed by atoms with van der Waals surface area (Å²) in [5.74, 6) is -1.10. The molecule has 0 aliphatic rings. The molecule has 0 atom stereocenters. The lowest BCUT2D eigenvalue weighted by molar-refractivity contribution is 0.367. The van der Waals surface area contributed by atoms with Crippen molar-refractivity contribution in [2.24, 2.45) is 0 Å². The first kappa shape index (κ1) is 11.9. The van der Waals surface area contributed by atoms with E-state index in [9.17, 15) is 15.3 Å². The molecule has 18 heavy (non-hydrogen) atoms. The molecule has 4 heteroatoms. The van der Waals surface area contributed by atoms with Gasteiger partial charge in [0.25, 0.3) is 0 Å². The Morgan fingerprint density at radius 3 is 2.00 bits per heavy atom. The molecule has 0 aliphatic heterocycles. The lowest BCUT2D eigenvalue weighted by Gasteiger charge is -2.03. The molecule has 0 heterocycles. The molecule has 92 valence electrons. The molecule has 0 spiro atoms. The lowest BCUT2D eigenvalue weighted by Crippen LogP contribution is -1.77. The maximum absolute atomic E-state index is 9.60. The Labute approximate surface area is 104 Å². The normalized spacial score (nSPS) is 10.9. The summed E-state index contributed by atoms with van der Waals surface area (Å²) >= 11 is 0. The summed E-state index contributed by atoms with van der Waals surface area (Å²) in [4.78, 5) is 0. The zero-order valence-electron chi connectivity index (χ0n) is 9.41. The Hall–Kier alpha value is -2.62. The predicted molar refractivity (Wildman–Crippen MR) is 68.5 cm³/mol. The van der Waals surface area contributed by atoms with Crippen molar-refractivity contribution in [1.29, 1.82) is 0 Å². The third-order valence-electron chi connectivity index (χ3n) is 2.51. The van der Waals surface area contributed by atoms with Crippen LogP contribution in [-0.4, -0.2) is 20.4 Å². The Morgan fingerprint density at radius 1 is 0.667 bits per heavy atom. The van der Waals surface area contributed by atoms with Crippen LogP contribution in [0.5, 0.6) is 23.0 Å². The minimum absolute atomic E-state index is 0.178. The third kappa shape index (κ3) is 2.38. The van der Waals surface area contributed by atoms with Crippen molar-refractivity contribution in [3.63, 3.8) is 0 Å². The Bertz CT molecular complexity index is 585. The number of aromatic hydroxyl groups is 4. The van der Waals surface area contributed by atoms with Crippen molar-refractivity contribution < 1.29 is 20.4 Å². The maximum Gasteiger partial charge on any atom is 0.200 e. The second kappa shape index (κ2) is 4.71. The van der Waals surface area contributed by atoms with Gasteiger partial charge in [-0.1, -0.05) is 24.3 Å². The van der Waals surface area contributed by atoms with E-state index < -0.39 is 5.75 Å². The minimum atomic E-state index is -0.539. The fourth-order valence-corrected chi connectivity index (χ4v) is 1.49. The molecule has 0 saturated carbocycles.